The minimum absolute atomic E-state index is 0.324. The number of nitrogens with zero attached hydrogens (tertiary/aromatic N) is 2. The summed E-state index contributed by atoms with van der Waals surface area (Å²) in [6.07, 6.45) is 6.00. The van der Waals surface area contributed by atoms with E-state index in [0.29, 0.717) is 0 Å². The molecule has 0 radical (unpaired) electrons. The molecular formula is C14H20N2O2. The zero-order valence-corrected chi connectivity index (χ0v) is 10.9. The van der Waals surface area contributed by atoms with E-state index in [-0.39, 0.29) is 5.79 Å². The Bertz CT molecular complexity index is 416. The third-order valence-electron chi connectivity index (χ3n) is 3.65. The van der Waals surface area contributed by atoms with Gasteiger partial charge in [-0.1, -0.05) is 6.07 Å². The minimum Gasteiger partial charge on any atom is -0.346 e. The fourth-order valence-corrected chi connectivity index (χ4v) is 2.90. The van der Waals surface area contributed by atoms with Crippen LogP contribution >= 0.6 is 0 Å². The van der Waals surface area contributed by atoms with E-state index in [4.69, 9.17) is 9.47 Å². The van der Waals surface area contributed by atoms with Crippen molar-refractivity contribution in [2.24, 2.45) is 0 Å². The van der Waals surface area contributed by atoms with E-state index in [1.807, 2.05) is 12.4 Å². The summed E-state index contributed by atoms with van der Waals surface area (Å²) >= 11 is 0. The van der Waals surface area contributed by atoms with Crippen molar-refractivity contribution in [2.45, 2.75) is 32.1 Å². The highest BCUT2D eigenvalue weighted by atomic mass is 16.7. The van der Waals surface area contributed by atoms with Gasteiger partial charge >= 0.3 is 0 Å². The average Bonchev–Trinajstić information content (AvgIpc) is 2.77. The summed E-state index contributed by atoms with van der Waals surface area (Å²) in [5, 5.41) is 0. The van der Waals surface area contributed by atoms with E-state index in [2.05, 4.69) is 22.9 Å². The first-order valence-corrected chi connectivity index (χ1v) is 6.67. The first-order chi connectivity index (χ1) is 8.76. The third kappa shape index (κ3) is 2.55. The molecule has 0 aliphatic carbocycles. The van der Waals surface area contributed by atoms with Crippen molar-refractivity contribution in [3.8, 4) is 0 Å². The van der Waals surface area contributed by atoms with E-state index in [0.717, 1.165) is 45.7 Å². The molecule has 3 heterocycles. The lowest BCUT2D eigenvalue weighted by Gasteiger charge is -2.38. The molecule has 4 nitrogen and oxygen atoms in total. The summed E-state index contributed by atoms with van der Waals surface area (Å²) in [6, 6.07) is 2.20. The van der Waals surface area contributed by atoms with Crippen molar-refractivity contribution in [3.63, 3.8) is 0 Å². The normalized spacial score (nSPS) is 23.6. The first kappa shape index (κ1) is 12.1. The quantitative estimate of drug-likeness (QED) is 0.798. The highest BCUT2D eigenvalue weighted by Gasteiger charge is 2.40. The molecular weight excluding hydrogens is 228 g/mol. The Labute approximate surface area is 108 Å². The molecule has 0 aromatic carbocycles. The second-order valence-corrected chi connectivity index (χ2v) is 5.29. The van der Waals surface area contributed by atoms with E-state index in [1.165, 1.54) is 11.1 Å². The molecule has 0 bridgehead atoms. The fraction of sp³-hybridized carbons (Fsp3) is 0.643. The summed E-state index contributed by atoms with van der Waals surface area (Å²) in [7, 11) is 0. The van der Waals surface area contributed by atoms with Crippen LogP contribution in [0, 0.1) is 6.92 Å². The molecule has 2 fully saturated rings. The van der Waals surface area contributed by atoms with E-state index in [9.17, 15) is 0 Å². The van der Waals surface area contributed by atoms with Crippen LogP contribution in [0.3, 0.4) is 0 Å². The zero-order chi connectivity index (χ0) is 12.4. The number of hydrogen-bond donors (Lipinski definition) is 0. The van der Waals surface area contributed by atoms with Crippen LogP contribution in [0.4, 0.5) is 0 Å². The Morgan fingerprint density at radius 3 is 2.94 bits per heavy atom. The van der Waals surface area contributed by atoms with Crippen LogP contribution in [0.25, 0.3) is 0 Å². The molecule has 1 aromatic rings. The second kappa shape index (κ2) is 4.96. The molecule has 2 aliphatic heterocycles. The van der Waals surface area contributed by atoms with Gasteiger partial charge in [-0.05, 0) is 31.0 Å². The van der Waals surface area contributed by atoms with Gasteiger partial charge in [0.15, 0.2) is 5.79 Å². The Balaban J connectivity index is 1.66. The van der Waals surface area contributed by atoms with E-state index >= 15 is 0 Å². The van der Waals surface area contributed by atoms with Crippen LogP contribution in [0.1, 0.15) is 24.0 Å². The van der Waals surface area contributed by atoms with Crippen molar-refractivity contribution in [1.29, 1.82) is 0 Å². The first-order valence-electron chi connectivity index (χ1n) is 6.67. The third-order valence-corrected chi connectivity index (χ3v) is 3.65. The fourth-order valence-electron chi connectivity index (χ4n) is 2.90. The highest BCUT2D eigenvalue weighted by Crippen LogP contribution is 2.30. The van der Waals surface area contributed by atoms with Crippen molar-refractivity contribution >= 4 is 0 Å². The molecule has 0 atom stereocenters. The van der Waals surface area contributed by atoms with Crippen LogP contribution in [-0.4, -0.2) is 42.0 Å². The number of piperidine rings is 1. The number of aryl methyl sites for hydroxylation is 1. The van der Waals surface area contributed by atoms with E-state index < -0.39 is 0 Å². The lowest BCUT2D eigenvalue weighted by Crippen LogP contribution is -2.48. The summed E-state index contributed by atoms with van der Waals surface area (Å²) in [4.78, 5) is 6.66. The number of aromatic nitrogens is 1. The van der Waals surface area contributed by atoms with Crippen molar-refractivity contribution in [1.82, 2.24) is 9.88 Å². The SMILES string of the molecule is Cc1cncc(CN2CCCC3(C2)OCCO3)c1. The molecule has 98 valence electrons. The van der Waals surface area contributed by atoms with Crippen LogP contribution in [-0.2, 0) is 16.0 Å². The topological polar surface area (TPSA) is 34.6 Å². The van der Waals surface area contributed by atoms with Gasteiger partial charge in [-0.2, -0.15) is 0 Å². The summed E-state index contributed by atoms with van der Waals surface area (Å²) in [5.74, 6) is -0.324. The molecule has 0 unspecified atom stereocenters. The number of likely N-dealkylation sites (tertiary alicyclic amines) is 1. The maximum absolute atomic E-state index is 5.79. The zero-order valence-electron chi connectivity index (χ0n) is 10.9. The van der Waals surface area contributed by atoms with Crippen LogP contribution in [0.15, 0.2) is 18.5 Å². The van der Waals surface area contributed by atoms with Gasteiger partial charge in [0.2, 0.25) is 0 Å². The molecule has 18 heavy (non-hydrogen) atoms. The number of hydrogen-bond acceptors (Lipinski definition) is 4. The van der Waals surface area contributed by atoms with Gasteiger partial charge in [0, 0.05) is 25.4 Å². The van der Waals surface area contributed by atoms with Gasteiger partial charge in [-0.3, -0.25) is 9.88 Å². The molecule has 0 amide bonds. The summed E-state index contributed by atoms with van der Waals surface area (Å²) < 4.78 is 11.6. The number of rotatable bonds is 2. The Kier molecular flexibility index (Phi) is 3.33. The monoisotopic (exact) mass is 248 g/mol. The van der Waals surface area contributed by atoms with Crippen molar-refractivity contribution < 1.29 is 9.47 Å². The standard InChI is InChI=1S/C14H20N2O2/c1-12-7-13(9-15-8-12)10-16-4-2-3-14(11-16)17-5-6-18-14/h7-9H,2-6,10-11H2,1H3. The Morgan fingerprint density at radius 1 is 1.33 bits per heavy atom. The van der Waals surface area contributed by atoms with Crippen LogP contribution in [0.2, 0.25) is 0 Å². The van der Waals surface area contributed by atoms with Gasteiger partial charge < -0.3 is 9.47 Å². The number of ether oxygens (including phenoxy) is 2. The van der Waals surface area contributed by atoms with Crippen molar-refractivity contribution in [3.05, 3.63) is 29.6 Å². The summed E-state index contributed by atoms with van der Waals surface area (Å²) in [5.41, 5.74) is 2.48. The molecule has 0 saturated carbocycles. The van der Waals surface area contributed by atoms with Crippen LogP contribution < -0.4 is 0 Å². The largest absolute Gasteiger partial charge is 0.346 e. The molecule has 1 aromatic heterocycles. The van der Waals surface area contributed by atoms with Crippen LogP contribution in [0.5, 0.6) is 0 Å². The average molecular weight is 248 g/mol. The maximum Gasteiger partial charge on any atom is 0.181 e. The van der Waals surface area contributed by atoms with Crippen molar-refractivity contribution in [2.75, 3.05) is 26.3 Å². The molecule has 1 spiro atoms. The van der Waals surface area contributed by atoms with Gasteiger partial charge in [0.05, 0.1) is 19.8 Å². The minimum atomic E-state index is -0.324. The Hall–Kier alpha value is -0.970. The molecule has 3 rings (SSSR count). The molecule has 2 saturated heterocycles. The Morgan fingerprint density at radius 2 is 2.17 bits per heavy atom. The predicted molar refractivity (Wildman–Crippen MR) is 68.1 cm³/mol. The lowest BCUT2D eigenvalue weighted by atomic mass is 10.0. The number of pyridine rings is 1. The van der Waals surface area contributed by atoms with Gasteiger partial charge in [-0.15, -0.1) is 0 Å². The maximum atomic E-state index is 5.79. The van der Waals surface area contributed by atoms with Gasteiger partial charge in [0.1, 0.15) is 0 Å². The van der Waals surface area contributed by atoms with Gasteiger partial charge in [-0.25, -0.2) is 0 Å². The van der Waals surface area contributed by atoms with Gasteiger partial charge in [0.25, 0.3) is 0 Å². The molecule has 2 aliphatic rings. The smallest absolute Gasteiger partial charge is 0.181 e. The molecule has 4 heteroatoms. The summed E-state index contributed by atoms with van der Waals surface area (Å²) in [6.45, 7) is 6.48. The predicted octanol–water partition coefficient (Wildman–Crippen LogP) is 1.73. The lowest BCUT2D eigenvalue weighted by molar-refractivity contribution is -0.190. The highest BCUT2D eigenvalue weighted by molar-refractivity contribution is 5.16. The second-order valence-electron chi connectivity index (χ2n) is 5.29. The van der Waals surface area contributed by atoms with E-state index in [1.54, 1.807) is 0 Å². The molecule has 0 N–H and O–H groups in total.